The van der Waals surface area contributed by atoms with Gasteiger partial charge in [-0.25, -0.2) is 19.2 Å². The third-order valence-electron chi connectivity index (χ3n) is 5.60. The van der Waals surface area contributed by atoms with E-state index in [-0.39, 0.29) is 5.82 Å². The number of nitrogens with two attached hydrogens (primary N) is 1. The minimum Gasteiger partial charge on any atom is -0.465 e. The Morgan fingerprint density at radius 2 is 1.69 bits per heavy atom. The molecule has 8 nitrogen and oxygen atoms in total. The molecule has 32 heavy (non-hydrogen) atoms. The van der Waals surface area contributed by atoms with Gasteiger partial charge in [0.2, 0.25) is 0 Å². The van der Waals surface area contributed by atoms with Crippen LogP contribution in [-0.4, -0.2) is 56.3 Å². The first-order valence-electron chi connectivity index (χ1n) is 10.3. The topological polar surface area (TPSA) is 87.8 Å². The number of aromatic nitrogens is 2. The number of piperazine rings is 1. The summed E-state index contributed by atoms with van der Waals surface area (Å²) in [4.78, 5) is 26.8. The molecule has 0 amide bonds. The van der Waals surface area contributed by atoms with Gasteiger partial charge in [-0.3, -0.25) is 0 Å². The summed E-state index contributed by atoms with van der Waals surface area (Å²) in [6.45, 7) is 2.55. The highest BCUT2D eigenvalue weighted by Crippen LogP contribution is 2.34. The fourth-order valence-electron chi connectivity index (χ4n) is 3.93. The number of hydrogen-bond donors (Lipinski definition) is 1. The van der Waals surface area contributed by atoms with E-state index >= 15 is 0 Å². The highest BCUT2D eigenvalue weighted by Gasteiger charge is 2.25. The maximum absolute atomic E-state index is 14.1. The summed E-state index contributed by atoms with van der Waals surface area (Å²) >= 11 is 0. The Hall–Kier alpha value is -3.88. The number of esters is 1. The van der Waals surface area contributed by atoms with Crippen molar-refractivity contribution in [3.8, 4) is 0 Å². The lowest BCUT2D eigenvalue weighted by Gasteiger charge is -2.37. The highest BCUT2D eigenvalue weighted by molar-refractivity contribution is 5.97. The molecule has 0 atom stereocenters. The van der Waals surface area contributed by atoms with Crippen LogP contribution in [0.25, 0.3) is 0 Å². The molecule has 0 radical (unpaired) electrons. The van der Waals surface area contributed by atoms with Crippen LogP contribution >= 0.6 is 0 Å². The summed E-state index contributed by atoms with van der Waals surface area (Å²) in [6.07, 6.45) is 1.46. The molecule has 1 aromatic heterocycles. The molecule has 166 valence electrons. The van der Waals surface area contributed by atoms with E-state index in [1.54, 1.807) is 42.3 Å². The number of carbonyl (C=O) groups is 1. The van der Waals surface area contributed by atoms with Gasteiger partial charge in [-0.2, -0.15) is 0 Å². The van der Waals surface area contributed by atoms with Crippen LogP contribution in [0.1, 0.15) is 10.4 Å². The first-order chi connectivity index (χ1) is 15.5. The Balaban J connectivity index is 1.57. The summed E-state index contributed by atoms with van der Waals surface area (Å²) < 4.78 is 19.0. The summed E-state index contributed by atoms with van der Waals surface area (Å²) in [7, 11) is 3.14. The highest BCUT2D eigenvalue weighted by atomic mass is 19.1. The van der Waals surface area contributed by atoms with E-state index in [1.165, 1.54) is 19.5 Å². The SMILES string of the molecule is COC(=O)c1ccccc1N(C)c1ncnc(N2CCN(c3ccccc3F)CC2)c1N. The second kappa shape index (κ2) is 9.09. The lowest BCUT2D eigenvalue weighted by molar-refractivity contribution is 0.0601. The van der Waals surface area contributed by atoms with Crippen LogP contribution < -0.4 is 20.4 Å². The number of methoxy groups -OCH3 is 1. The molecule has 2 N–H and O–H groups in total. The Labute approximate surface area is 186 Å². The fourth-order valence-corrected chi connectivity index (χ4v) is 3.93. The van der Waals surface area contributed by atoms with Crippen molar-refractivity contribution in [2.24, 2.45) is 0 Å². The second-order valence-corrected chi connectivity index (χ2v) is 7.43. The van der Waals surface area contributed by atoms with E-state index in [9.17, 15) is 9.18 Å². The van der Waals surface area contributed by atoms with E-state index in [0.29, 0.717) is 60.4 Å². The Morgan fingerprint density at radius 3 is 2.41 bits per heavy atom. The van der Waals surface area contributed by atoms with Crippen molar-refractivity contribution in [2.75, 3.05) is 60.8 Å². The van der Waals surface area contributed by atoms with E-state index in [2.05, 4.69) is 14.9 Å². The number of ether oxygens (including phenoxy) is 1. The van der Waals surface area contributed by atoms with Crippen LogP contribution in [0.2, 0.25) is 0 Å². The molecule has 4 rings (SSSR count). The maximum Gasteiger partial charge on any atom is 0.339 e. The zero-order valence-corrected chi connectivity index (χ0v) is 18.0. The number of benzene rings is 2. The Morgan fingerprint density at radius 1 is 1.03 bits per heavy atom. The van der Waals surface area contributed by atoms with Crippen LogP contribution in [0.4, 0.5) is 33.1 Å². The number of carbonyl (C=O) groups excluding carboxylic acids is 1. The number of rotatable bonds is 5. The first kappa shape index (κ1) is 21.4. The predicted molar refractivity (Wildman–Crippen MR) is 123 cm³/mol. The van der Waals surface area contributed by atoms with E-state index in [4.69, 9.17) is 10.5 Å². The molecule has 2 aromatic carbocycles. The molecule has 1 aliphatic rings. The second-order valence-electron chi connectivity index (χ2n) is 7.43. The van der Waals surface area contributed by atoms with Gasteiger partial charge < -0.3 is 25.2 Å². The van der Waals surface area contributed by atoms with Crippen molar-refractivity contribution in [3.05, 3.63) is 66.2 Å². The van der Waals surface area contributed by atoms with Gasteiger partial charge in [0.05, 0.1) is 24.0 Å². The summed E-state index contributed by atoms with van der Waals surface area (Å²) in [5, 5.41) is 0. The zero-order valence-electron chi connectivity index (χ0n) is 18.0. The molecule has 1 saturated heterocycles. The average molecular weight is 436 g/mol. The van der Waals surface area contributed by atoms with Crippen LogP contribution in [0.5, 0.6) is 0 Å². The minimum atomic E-state index is -0.440. The van der Waals surface area contributed by atoms with Crippen LogP contribution in [0.3, 0.4) is 0 Å². The number of halogens is 1. The van der Waals surface area contributed by atoms with E-state index in [0.717, 1.165) is 0 Å². The molecule has 0 bridgehead atoms. The van der Waals surface area contributed by atoms with Gasteiger partial charge in [0, 0.05) is 33.2 Å². The van der Waals surface area contributed by atoms with E-state index in [1.807, 2.05) is 17.0 Å². The van der Waals surface area contributed by atoms with Crippen LogP contribution in [-0.2, 0) is 4.74 Å². The van der Waals surface area contributed by atoms with Gasteiger partial charge in [0.15, 0.2) is 11.6 Å². The standard InChI is InChI=1S/C23H25FN6O2/c1-28(18-9-5-3-7-16(18)23(31)32-2)21-20(25)22(27-15-26-21)30-13-11-29(12-14-30)19-10-6-4-8-17(19)24/h3-10,15H,11-14,25H2,1-2H3. The summed E-state index contributed by atoms with van der Waals surface area (Å²) in [5.41, 5.74) is 8.53. The Kier molecular flexibility index (Phi) is 6.07. The lowest BCUT2D eigenvalue weighted by Crippen LogP contribution is -2.47. The zero-order chi connectivity index (χ0) is 22.7. The molecule has 0 unspecified atom stereocenters. The molecule has 0 aliphatic carbocycles. The van der Waals surface area contributed by atoms with Crippen molar-refractivity contribution in [3.63, 3.8) is 0 Å². The average Bonchev–Trinajstić information content (AvgIpc) is 2.84. The minimum absolute atomic E-state index is 0.226. The largest absolute Gasteiger partial charge is 0.465 e. The molecule has 3 aromatic rings. The quantitative estimate of drug-likeness (QED) is 0.611. The number of anilines is 5. The molecule has 1 fully saturated rings. The van der Waals surface area contributed by atoms with Crippen molar-refractivity contribution in [2.45, 2.75) is 0 Å². The van der Waals surface area contributed by atoms with Crippen LogP contribution in [0, 0.1) is 5.82 Å². The number of para-hydroxylation sites is 2. The molecular formula is C23H25FN6O2. The van der Waals surface area contributed by atoms with Gasteiger partial charge in [-0.15, -0.1) is 0 Å². The maximum atomic E-state index is 14.1. The third kappa shape index (κ3) is 4.01. The molecule has 1 aliphatic heterocycles. The first-order valence-corrected chi connectivity index (χ1v) is 10.3. The Bertz CT molecular complexity index is 1120. The molecule has 2 heterocycles. The molecule has 0 spiro atoms. The normalized spacial score (nSPS) is 13.7. The van der Waals surface area contributed by atoms with Gasteiger partial charge in [0.25, 0.3) is 0 Å². The van der Waals surface area contributed by atoms with E-state index < -0.39 is 5.97 Å². The van der Waals surface area contributed by atoms with Crippen molar-refractivity contribution in [1.29, 1.82) is 0 Å². The number of nitrogen functional groups attached to an aromatic ring is 1. The van der Waals surface area contributed by atoms with Gasteiger partial charge in [-0.05, 0) is 24.3 Å². The smallest absolute Gasteiger partial charge is 0.339 e. The van der Waals surface area contributed by atoms with Crippen molar-refractivity contribution >= 4 is 34.7 Å². The lowest BCUT2D eigenvalue weighted by atomic mass is 10.1. The van der Waals surface area contributed by atoms with Crippen LogP contribution in [0.15, 0.2) is 54.9 Å². The van der Waals surface area contributed by atoms with Gasteiger partial charge in [-0.1, -0.05) is 24.3 Å². The van der Waals surface area contributed by atoms with Crippen molar-refractivity contribution < 1.29 is 13.9 Å². The monoisotopic (exact) mass is 436 g/mol. The van der Waals surface area contributed by atoms with Crippen molar-refractivity contribution in [1.82, 2.24) is 9.97 Å². The predicted octanol–water partition coefficient (Wildman–Crippen LogP) is 3.08. The molecule has 0 saturated carbocycles. The summed E-state index contributed by atoms with van der Waals surface area (Å²) in [6, 6.07) is 13.9. The number of nitrogens with zero attached hydrogens (tertiary/aromatic N) is 5. The number of hydrogen-bond acceptors (Lipinski definition) is 8. The van der Waals surface area contributed by atoms with Gasteiger partial charge in [0.1, 0.15) is 17.8 Å². The molecule has 9 heteroatoms. The van der Waals surface area contributed by atoms with Gasteiger partial charge >= 0.3 is 5.97 Å². The third-order valence-corrected chi connectivity index (χ3v) is 5.60. The summed E-state index contributed by atoms with van der Waals surface area (Å²) in [5.74, 6) is 0.439. The molecular weight excluding hydrogens is 411 g/mol. The fraction of sp³-hybridized carbons (Fsp3) is 0.261.